The van der Waals surface area contributed by atoms with Gasteiger partial charge in [-0.2, -0.15) is 0 Å². The second-order valence-electron chi connectivity index (χ2n) is 4.93. The van der Waals surface area contributed by atoms with Crippen molar-refractivity contribution in [2.24, 2.45) is 0 Å². The minimum atomic E-state index is 0.620. The number of benzene rings is 2. The van der Waals surface area contributed by atoms with E-state index in [-0.39, 0.29) is 0 Å². The number of imidazole rings is 1. The van der Waals surface area contributed by atoms with Crippen LogP contribution in [0.1, 0.15) is 5.56 Å². The van der Waals surface area contributed by atoms with E-state index in [1.807, 2.05) is 18.3 Å². The topological polar surface area (TPSA) is 17.3 Å². The van der Waals surface area contributed by atoms with Gasteiger partial charge in [-0.1, -0.05) is 46.7 Å². The molecule has 0 unspecified atom stereocenters. The predicted molar refractivity (Wildman–Crippen MR) is 90.8 cm³/mol. The van der Waals surface area contributed by atoms with Crippen molar-refractivity contribution in [3.63, 3.8) is 0 Å². The van der Waals surface area contributed by atoms with Gasteiger partial charge in [0.15, 0.2) is 4.96 Å². The molecule has 2 heterocycles. The summed E-state index contributed by atoms with van der Waals surface area (Å²) in [7, 11) is 0. The Morgan fingerprint density at radius 3 is 2.81 bits per heavy atom. The molecule has 4 aromatic rings. The molecule has 0 saturated carbocycles. The summed E-state index contributed by atoms with van der Waals surface area (Å²) in [6.07, 6.45) is 2.04. The van der Waals surface area contributed by atoms with Crippen LogP contribution in [-0.2, 0) is 0 Å². The van der Waals surface area contributed by atoms with Crippen molar-refractivity contribution >= 4 is 49.7 Å². The van der Waals surface area contributed by atoms with Gasteiger partial charge < -0.3 is 0 Å². The number of aromatic nitrogens is 2. The van der Waals surface area contributed by atoms with Crippen LogP contribution in [0.5, 0.6) is 0 Å². The van der Waals surface area contributed by atoms with Crippen molar-refractivity contribution in [3.8, 4) is 11.3 Å². The Bertz CT molecular complexity index is 985. The fraction of sp³-hybridized carbons (Fsp3) is 0.0625. The summed E-state index contributed by atoms with van der Waals surface area (Å²) in [6, 6.07) is 11.8. The third-order valence-corrected chi connectivity index (χ3v) is 5.09. The number of thiazole rings is 1. The Kier molecular flexibility index (Phi) is 2.96. The smallest absolute Gasteiger partial charge is 0.195 e. The third-order valence-electron chi connectivity index (χ3n) is 3.52. The normalized spacial score (nSPS) is 11.6. The highest BCUT2D eigenvalue weighted by atomic mass is 35.5. The number of hydrogen-bond donors (Lipinski definition) is 0. The second-order valence-corrected chi connectivity index (χ2v) is 6.78. The standard InChI is InChI=1S/C16H10Cl2N2S/c1-9-3-2-4-14-15(9)20-8-13(19-16(20)21-14)11-6-5-10(17)7-12(11)18/h2-8H,1H3. The average molecular weight is 333 g/mol. The molecule has 104 valence electrons. The molecule has 21 heavy (non-hydrogen) atoms. The first kappa shape index (κ1) is 13.1. The SMILES string of the molecule is Cc1cccc2sc3nc(-c4ccc(Cl)cc4Cl)cn3c12. The van der Waals surface area contributed by atoms with Crippen LogP contribution in [-0.4, -0.2) is 9.38 Å². The van der Waals surface area contributed by atoms with Crippen molar-refractivity contribution in [1.82, 2.24) is 9.38 Å². The predicted octanol–water partition coefficient (Wildman–Crippen LogP) is 5.83. The molecule has 0 N–H and O–H groups in total. The second kappa shape index (κ2) is 4.73. The molecule has 0 saturated heterocycles. The quantitative estimate of drug-likeness (QED) is 0.428. The maximum Gasteiger partial charge on any atom is 0.195 e. The molecule has 0 radical (unpaired) electrons. The first-order chi connectivity index (χ1) is 10.1. The van der Waals surface area contributed by atoms with Crippen molar-refractivity contribution in [1.29, 1.82) is 0 Å². The molecule has 4 rings (SSSR count). The zero-order chi connectivity index (χ0) is 14.6. The lowest BCUT2D eigenvalue weighted by molar-refractivity contribution is 1.27. The van der Waals surface area contributed by atoms with Gasteiger partial charge in [-0.25, -0.2) is 4.98 Å². The summed E-state index contributed by atoms with van der Waals surface area (Å²) in [4.78, 5) is 5.68. The number of fused-ring (bicyclic) bond motifs is 3. The lowest BCUT2D eigenvalue weighted by Crippen LogP contribution is -1.82. The summed E-state index contributed by atoms with van der Waals surface area (Å²) in [5.41, 5.74) is 4.22. The summed E-state index contributed by atoms with van der Waals surface area (Å²) >= 11 is 13.9. The molecule has 2 aromatic carbocycles. The van der Waals surface area contributed by atoms with Crippen LogP contribution in [0.15, 0.2) is 42.6 Å². The Hall–Kier alpha value is -1.55. The van der Waals surface area contributed by atoms with Gasteiger partial charge in [-0.05, 0) is 36.8 Å². The van der Waals surface area contributed by atoms with Gasteiger partial charge in [-0.15, -0.1) is 0 Å². The Labute approximate surface area is 135 Å². The number of rotatable bonds is 1. The maximum absolute atomic E-state index is 6.28. The Morgan fingerprint density at radius 2 is 2.00 bits per heavy atom. The van der Waals surface area contributed by atoms with Crippen molar-refractivity contribution in [2.75, 3.05) is 0 Å². The first-order valence-corrected chi connectivity index (χ1v) is 8.03. The van der Waals surface area contributed by atoms with Gasteiger partial charge in [0.05, 0.1) is 20.9 Å². The molecule has 0 aliphatic carbocycles. The van der Waals surface area contributed by atoms with Crippen LogP contribution in [0, 0.1) is 6.92 Å². The summed E-state index contributed by atoms with van der Waals surface area (Å²) < 4.78 is 3.38. The van der Waals surface area contributed by atoms with Crippen molar-refractivity contribution in [3.05, 3.63) is 58.2 Å². The Morgan fingerprint density at radius 1 is 1.14 bits per heavy atom. The summed E-state index contributed by atoms with van der Waals surface area (Å²) in [6.45, 7) is 2.11. The fourth-order valence-electron chi connectivity index (χ4n) is 2.54. The highest BCUT2D eigenvalue weighted by molar-refractivity contribution is 7.23. The molecular formula is C16H10Cl2N2S. The lowest BCUT2D eigenvalue weighted by Gasteiger charge is -2.00. The number of aryl methyl sites for hydroxylation is 1. The monoisotopic (exact) mass is 332 g/mol. The Balaban J connectivity index is 1.99. The summed E-state index contributed by atoms with van der Waals surface area (Å²) in [5, 5.41) is 1.25. The summed E-state index contributed by atoms with van der Waals surface area (Å²) in [5.74, 6) is 0. The minimum Gasteiger partial charge on any atom is -0.289 e. The third kappa shape index (κ3) is 2.04. The van der Waals surface area contributed by atoms with Gasteiger partial charge in [0.1, 0.15) is 0 Å². The number of para-hydroxylation sites is 1. The van der Waals surface area contributed by atoms with E-state index >= 15 is 0 Å². The molecule has 2 nitrogen and oxygen atoms in total. The van der Waals surface area contributed by atoms with E-state index in [0.717, 1.165) is 16.2 Å². The van der Waals surface area contributed by atoms with Crippen LogP contribution in [0.2, 0.25) is 10.0 Å². The molecule has 0 amide bonds. The lowest BCUT2D eigenvalue weighted by atomic mass is 10.2. The first-order valence-electron chi connectivity index (χ1n) is 6.46. The van der Waals surface area contributed by atoms with E-state index in [0.29, 0.717) is 10.0 Å². The van der Waals surface area contributed by atoms with Gasteiger partial charge in [0.25, 0.3) is 0 Å². The van der Waals surface area contributed by atoms with Crippen LogP contribution >= 0.6 is 34.5 Å². The van der Waals surface area contributed by atoms with Crippen LogP contribution in [0.25, 0.3) is 26.4 Å². The number of nitrogens with zero attached hydrogens (tertiary/aromatic N) is 2. The number of hydrogen-bond acceptors (Lipinski definition) is 2. The van der Waals surface area contributed by atoms with Crippen LogP contribution in [0.3, 0.4) is 0 Å². The van der Waals surface area contributed by atoms with Gasteiger partial charge in [0.2, 0.25) is 0 Å². The van der Waals surface area contributed by atoms with E-state index in [9.17, 15) is 0 Å². The number of halogens is 2. The highest BCUT2D eigenvalue weighted by Crippen LogP contribution is 2.34. The van der Waals surface area contributed by atoms with Crippen molar-refractivity contribution in [2.45, 2.75) is 6.92 Å². The zero-order valence-electron chi connectivity index (χ0n) is 11.1. The van der Waals surface area contributed by atoms with E-state index in [1.54, 1.807) is 17.4 Å². The highest BCUT2D eigenvalue weighted by Gasteiger charge is 2.13. The van der Waals surface area contributed by atoms with E-state index in [1.165, 1.54) is 15.8 Å². The van der Waals surface area contributed by atoms with E-state index < -0.39 is 0 Å². The minimum absolute atomic E-state index is 0.620. The molecule has 0 fully saturated rings. The maximum atomic E-state index is 6.28. The molecule has 5 heteroatoms. The molecule has 0 bridgehead atoms. The average Bonchev–Trinajstić information content (AvgIpc) is 2.96. The van der Waals surface area contributed by atoms with Crippen LogP contribution in [0.4, 0.5) is 0 Å². The fourth-order valence-corrected chi connectivity index (χ4v) is 4.13. The molecule has 0 aliphatic heterocycles. The molecule has 2 aromatic heterocycles. The van der Waals surface area contributed by atoms with Crippen LogP contribution < -0.4 is 0 Å². The van der Waals surface area contributed by atoms with Gasteiger partial charge >= 0.3 is 0 Å². The van der Waals surface area contributed by atoms with Gasteiger partial charge in [-0.3, -0.25) is 4.40 Å². The van der Waals surface area contributed by atoms with E-state index in [4.69, 9.17) is 28.2 Å². The van der Waals surface area contributed by atoms with Crippen molar-refractivity contribution < 1.29 is 0 Å². The largest absolute Gasteiger partial charge is 0.289 e. The molecule has 0 aliphatic rings. The zero-order valence-corrected chi connectivity index (χ0v) is 13.4. The van der Waals surface area contributed by atoms with Gasteiger partial charge in [0, 0.05) is 16.8 Å². The van der Waals surface area contributed by atoms with E-state index in [2.05, 4.69) is 29.5 Å². The molecule has 0 spiro atoms. The molecule has 0 atom stereocenters. The molecular weight excluding hydrogens is 323 g/mol.